The molecule has 0 aliphatic heterocycles. The molecule has 2 aromatic carbocycles. The molecular weight excluding hydrogens is 336 g/mol. The molecule has 0 heterocycles. The number of rotatable bonds is 7. The minimum absolute atomic E-state index is 0.0807. The van der Waals surface area contributed by atoms with E-state index in [0.29, 0.717) is 22.4 Å². The van der Waals surface area contributed by atoms with Crippen LogP contribution in [0.5, 0.6) is 5.75 Å². The molecule has 132 valence electrons. The van der Waals surface area contributed by atoms with E-state index in [1.54, 1.807) is 25.3 Å². The van der Waals surface area contributed by atoms with Gasteiger partial charge < -0.3 is 10.1 Å². The fourth-order valence-electron chi connectivity index (χ4n) is 2.93. The zero-order valence-electron chi connectivity index (χ0n) is 14.5. The van der Waals surface area contributed by atoms with E-state index in [1.807, 2.05) is 25.1 Å². The molecule has 25 heavy (non-hydrogen) atoms. The van der Waals surface area contributed by atoms with Gasteiger partial charge in [0.2, 0.25) is 5.91 Å². The third kappa shape index (κ3) is 4.53. The van der Waals surface area contributed by atoms with Crippen LogP contribution in [0.25, 0.3) is 0 Å². The van der Waals surface area contributed by atoms with Gasteiger partial charge in [0.15, 0.2) is 0 Å². The fourth-order valence-corrected chi connectivity index (χ4v) is 3.19. The summed E-state index contributed by atoms with van der Waals surface area (Å²) in [5.74, 6) is 1.11. The van der Waals surface area contributed by atoms with E-state index in [1.165, 1.54) is 18.4 Å². The Kier molecular flexibility index (Phi) is 5.61. The summed E-state index contributed by atoms with van der Waals surface area (Å²) >= 11 is 6.11. The lowest BCUT2D eigenvalue weighted by molar-refractivity contribution is -0.118. The molecule has 5 heteroatoms. The Balaban J connectivity index is 1.64. The summed E-state index contributed by atoms with van der Waals surface area (Å²) < 4.78 is 5.13. The van der Waals surface area contributed by atoms with Crippen molar-refractivity contribution in [3.8, 4) is 5.75 Å². The van der Waals surface area contributed by atoms with Gasteiger partial charge in [-0.05, 0) is 49.4 Å². The van der Waals surface area contributed by atoms with E-state index in [2.05, 4.69) is 22.8 Å². The first-order valence-electron chi connectivity index (χ1n) is 8.54. The molecule has 0 aromatic heterocycles. The second kappa shape index (κ2) is 7.89. The molecule has 1 aliphatic carbocycles. The Morgan fingerprint density at radius 3 is 2.52 bits per heavy atom. The van der Waals surface area contributed by atoms with Gasteiger partial charge >= 0.3 is 0 Å². The number of methoxy groups -OCH3 is 1. The molecule has 1 amide bonds. The molecular formula is C20H23ClN2O2. The van der Waals surface area contributed by atoms with Crippen LogP contribution in [-0.4, -0.2) is 19.1 Å². The van der Waals surface area contributed by atoms with E-state index >= 15 is 0 Å². The number of amides is 1. The molecule has 0 spiro atoms. The van der Waals surface area contributed by atoms with Crippen molar-refractivity contribution in [3.63, 3.8) is 0 Å². The van der Waals surface area contributed by atoms with Crippen LogP contribution in [0, 0.1) is 5.92 Å². The molecule has 1 fully saturated rings. The number of carbonyl (C=O) groups excluding carboxylic acids is 1. The van der Waals surface area contributed by atoms with Crippen LogP contribution in [0.4, 0.5) is 5.69 Å². The first-order chi connectivity index (χ1) is 12.1. The monoisotopic (exact) mass is 358 g/mol. The number of anilines is 1. The molecule has 4 nitrogen and oxygen atoms in total. The first kappa shape index (κ1) is 17.8. The summed E-state index contributed by atoms with van der Waals surface area (Å²) in [6.45, 7) is 1.89. The van der Waals surface area contributed by atoms with Crippen molar-refractivity contribution in [2.45, 2.75) is 31.8 Å². The topological polar surface area (TPSA) is 50.4 Å². The Bertz CT molecular complexity index is 732. The van der Waals surface area contributed by atoms with Crippen LogP contribution in [0.3, 0.4) is 0 Å². The summed E-state index contributed by atoms with van der Waals surface area (Å²) in [6, 6.07) is 15.4. The molecule has 0 radical (unpaired) electrons. The SMILES string of the molecule is COc1ccc(NC(=O)[C@H](C)N[C@@H](c2ccccc2)C2CC2)cc1Cl. The van der Waals surface area contributed by atoms with Crippen LogP contribution in [0.15, 0.2) is 48.5 Å². The van der Waals surface area contributed by atoms with Gasteiger partial charge in [0.25, 0.3) is 0 Å². The summed E-state index contributed by atoms with van der Waals surface area (Å²) in [6.07, 6.45) is 2.41. The Morgan fingerprint density at radius 2 is 1.92 bits per heavy atom. The van der Waals surface area contributed by atoms with E-state index < -0.39 is 0 Å². The molecule has 2 N–H and O–H groups in total. The lowest BCUT2D eigenvalue weighted by Crippen LogP contribution is -2.40. The number of halogens is 1. The molecule has 0 unspecified atom stereocenters. The number of hydrogen-bond acceptors (Lipinski definition) is 3. The second-order valence-electron chi connectivity index (χ2n) is 6.45. The summed E-state index contributed by atoms with van der Waals surface area (Å²) in [4.78, 5) is 12.5. The zero-order valence-corrected chi connectivity index (χ0v) is 15.2. The van der Waals surface area contributed by atoms with Gasteiger partial charge in [-0.3, -0.25) is 10.1 Å². The van der Waals surface area contributed by atoms with Gasteiger partial charge in [-0.2, -0.15) is 0 Å². The highest BCUT2D eigenvalue weighted by molar-refractivity contribution is 6.32. The van der Waals surface area contributed by atoms with Crippen molar-refractivity contribution in [2.24, 2.45) is 5.92 Å². The average molecular weight is 359 g/mol. The molecule has 1 aliphatic rings. The number of carbonyl (C=O) groups is 1. The van der Waals surface area contributed by atoms with Gasteiger partial charge in [0, 0.05) is 11.7 Å². The van der Waals surface area contributed by atoms with Crippen molar-refractivity contribution in [1.82, 2.24) is 5.32 Å². The number of nitrogens with one attached hydrogen (secondary N) is 2. The lowest BCUT2D eigenvalue weighted by atomic mass is 10.0. The van der Waals surface area contributed by atoms with Gasteiger partial charge in [-0.25, -0.2) is 0 Å². The molecule has 2 aromatic rings. The van der Waals surface area contributed by atoms with Crippen LogP contribution < -0.4 is 15.4 Å². The second-order valence-corrected chi connectivity index (χ2v) is 6.86. The molecule has 3 rings (SSSR count). The molecule has 0 bridgehead atoms. The number of benzene rings is 2. The van der Waals surface area contributed by atoms with Gasteiger partial charge in [0.05, 0.1) is 18.2 Å². The minimum atomic E-state index is -0.313. The van der Waals surface area contributed by atoms with Crippen molar-refractivity contribution in [2.75, 3.05) is 12.4 Å². The summed E-state index contributed by atoms with van der Waals surface area (Å²) in [5, 5.41) is 6.86. The quantitative estimate of drug-likeness (QED) is 0.770. The van der Waals surface area contributed by atoms with Crippen molar-refractivity contribution < 1.29 is 9.53 Å². The Hall–Kier alpha value is -2.04. The van der Waals surface area contributed by atoms with Crippen LogP contribution >= 0.6 is 11.6 Å². The third-order valence-corrected chi connectivity index (χ3v) is 4.79. The zero-order chi connectivity index (χ0) is 17.8. The molecule has 1 saturated carbocycles. The van der Waals surface area contributed by atoms with Crippen LogP contribution in [0.2, 0.25) is 5.02 Å². The average Bonchev–Trinajstić information content (AvgIpc) is 3.45. The predicted octanol–water partition coefficient (Wildman–Crippen LogP) is 4.42. The normalized spacial score (nSPS) is 16.1. The van der Waals surface area contributed by atoms with Crippen LogP contribution in [0.1, 0.15) is 31.4 Å². The largest absolute Gasteiger partial charge is 0.495 e. The lowest BCUT2D eigenvalue weighted by Gasteiger charge is -2.23. The Morgan fingerprint density at radius 1 is 1.20 bits per heavy atom. The smallest absolute Gasteiger partial charge is 0.241 e. The minimum Gasteiger partial charge on any atom is -0.495 e. The van der Waals surface area contributed by atoms with E-state index in [-0.39, 0.29) is 18.0 Å². The van der Waals surface area contributed by atoms with Crippen molar-refractivity contribution in [3.05, 3.63) is 59.1 Å². The number of hydrogen-bond donors (Lipinski definition) is 2. The molecule has 2 atom stereocenters. The standard InChI is InChI=1S/C20H23ClN2O2/c1-13(20(24)23-16-10-11-18(25-2)17(21)12-16)22-19(15-8-9-15)14-6-4-3-5-7-14/h3-7,10-13,15,19,22H,8-9H2,1-2H3,(H,23,24)/t13-,19-/m0/s1. The fraction of sp³-hybridized carbons (Fsp3) is 0.350. The maximum atomic E-state index is 12.5. The van der Waals surface area contributed by atoms with Gasteiger partial charge in [-0.1, -0.05) is 41.9 Å². The van der Waals surface area contributed by atoms with Crippen LogP contribution in [-0.2, 0) is 4.79 Å². The van der Waals surface area contributed by atoms with Gasteiger partial charge in [-0.15, -0.1) is 0 Å². The van der Waals surface area contributed by atoms with E-state index in [4.69, 9.17) is 16.3 Å². The molecule has 0 saturated heterocycles. The maximum Gasteiger partial charge on any atom is 0.241 e. The van der Waals surface area contributed by atoms with E-state index in [9.17, 15) is 4.79 Å². The highest BCUT2D eigenvalue weighted by atomic mass is 35.5. The highest BCUT2D eigenvalue weighted by Crippen LogP contribution is 2.41. The van der Waals surface area contributed by atoms with Gasteiger partial charge in [0.1, 0.15) is 5.75 Å². The van der Waals surface area contributed by atoms with E-state index in [0.717, 1.165) is 0 Å². The Labute approximate surface area is 153 Å². The highest BCUT2D eigenvalue weighted by Gasteiger charge is 2.33. The summed E-state index contributed by atoms with van der Waals surface area (Å²) in [5.41, 5.74) is 1.89. The maximum absolute atomic E-state index is 12.5. The van der Waals surface area contributed by atoms with Crippen molar-refractivity contribution in [1.29, 1.82) is 0 Å². The third-order valence-electron chi connectivity index (χ3n) is 4.49. The first-order valence-corrected chi connectivity index (χ1v) is 8.91. The summed E-state index contributed by atoms with van der Waals surface area (Å²) in [7, 11) is 1.56. The predicted molar refractivity (Wildman–Crippen MR) is 101 cm³/mol. The number of ether oxygens (including phenoxy) is 1. The van der Waals surface area contributed by atoms with Crippen molar-refractivity contribution >= 4 is 23.2 Å².